The predicted octanol–water partition coefficient (Wildman–Crippen LogP) is 4.10. The number of aromatic nitrogens is 2. The molecule has 0 aliphatic rings. The Bertz CT molecular complexity index is 989. The van der Waals surface area contributed by atoms with Crippen LogP contribution >= 0.6 is 0 Å². The highest BCUT2D eigenvalue weighted by molar-refractivity contribution is 5.94. The molecular weight excluding hydrogens is 354 g/mol. The van der Waals surface area contributed by atoms with Gasteiger partial charge in [0.05, 0.1) is 11.1 Å². The number of hydrogen-bond donors (Lipinski definition) is 2. The first-order valence-corrected chi connectivity index (χ1v) is 7.35. The molecule has 9 heteroatoms. The van der Waals surface area contributed by atoms with Crippen molar-refractivity contribution < 1.29 is 27.5 Å². The van der Waals surface area contributed by atoms with Crippen LogP contribution in [0.5, 0.6) is 0 Å². The van der Waals surface area contributed by atoms with Crippen LogP contribution in [-0.4, -0.2) is 21.0 Å². The number of nitrogens with one attached hydrogen (secondary N) is 1. The lowest BCUT2D eigenvalue weighted by Crippen LogP contribution is -2.13. The maximum absolute atomic E-state index is 13.2. The first-order valence-electron chi connectivity index (χ1n) is 7.35. The Morgan fingerprint density at radius 2 is 1.85 bits per heavy atom. The minimum Gasteiger partial charge on any atom is -0.476 e. The maximum atomic E-state index is 13.2. The van der Waals surface area contributed by atoms with Crippen LogP contribution in [0.4, 0.5) is 23.4 Å². The van der Waals surface area contributed by atoms with E-state index in [-0.39, 0.29) is 17.9 Å². The van der Waals surface area contributed by atoms with Crippen molar-refractivity contribution in [1.29, 1.82) is 0 Å². The number of nitrogens with zero attached hydrogens (tertiary/aromatic N) is 2. The summed E-state index contributed by atoms with van der Waals surface area (Å²) in [5.41, 5.74) is -1.73. The summed E-state index contributed by atoms with van der Waals surface area (Å²) in [5, 5.41) is 11.9. The quantitative estimate of drug-likeness (QED) is 0.681. The average molecular weight is 365 g/mol. The van der Waals surface area contributed by atoms with Crippen LogP contribution in [-0.2, 0) is 12.7 Å². The van der Waals surface area contributed by atoms with Gasteiger partial charge in [-0.1, -0.05) is 18.2 Å². The highest BCUT2D eigenvalue weighted by atomic mass is 19.4. The standard InChI is InChI=1S/C17H11F4N3O2/c18-10-4-1-3-9(7-10)8-22-15-14(16(25)26)23-12-6-2-5-11(13(12)24-15)17(19,20)21/h1-7H,8H2,(H,22,24)(H,25,26). The van der Waals surface area contributed by atoms with Crippen molar-refractivity contribution in [2.24, 2.45) is 0 Å². The lowest BCUT2D eigenvalue weighted by Gasteiger charge is -2.13. The normalized spacial score (nSPS) is 11.5. The van der Waals surface area contributed by atoms with Crippen molar-refractivity contribution in [3.8, 4) is 0 Å². The van der Waals surface area contributed by atoms with E-state index < -0.39 is 34.7 Å². The second-order valence-electron chi connectivity index (χ2n) is 5.38. The van der Waals surface area contributed by atoms with Gasteiger partial charge in [0.15, 0.2) is 11.5 Å². The van der Waals surface area contributed by atoms with E-state index >= 15 is 0 Å². The zero-order valence-corrected chi connectivity index (χ0v) is 13.0. The second-order valence-corrected chi connectivity index (χ2v) is 5.38. The predicted molar refractivity (Wildman–Crippen MR) is 85.2 cm³/mol. The van der Waals surface area contributed by atoms with Crippen molar-refractivity contribution in [3.05, 3.63) is 65.1 Å². The molecule has 0 aliphatic heterocycles. The Kier molecular flexibility index (Phi) is 4.45. The number of anilines is 1. The fourth-order valence-electron chi connectivity index (χ4n) is 2.41. The number of rotatable bonds is 4. The first-order chi connectivity index (χ1) is 12.3. The molecular formula is C17H11F4N3O2. The van der Waals surface area contributed by atoms with Crippen LogP contribution in [0.2, 0.25) is 0 Å². The zero-order valence-electron chi connectivity index (χ0n) is 13.0. The molecule has 2 aromatic carbocycles. The van der Waals surface area contributed by atoms with Crippen molar-refractivity contribution >= 4 is 22.8 Å². The topological polar surface area (TPSA) is 75.1 Å². The van der Waals surface area contributed by atoms with Crippen molar-refractivity contribution in [2.75, 3.05) is 5.32 Å². The molecule has 0 bridgehead atoms. The number of benzene rings is 2. The third-order valence-electron chi connectivity index (χ3n) is 3.55. The molecule has 3 aromatic rings. The summed E-state index contributed by atoms with van der Waals surface area (Å²) in [6.07, 6.45) is -4.67. The van der Waals surface area contributed by atoms with E-state index in [0.717, 1.165) is 12.1 Å². The number of carbonyl (C=O) groups is 1. The monoisotopic (exact) mass is 365 g/mol. The number of alkyl halides is 3. The van der Waals surface area contributed by atoms with Gasteiger partial charge >= 0.3 is 12.1 Å². The molecule has 5 nitrogen and oxygen atoms in total. The summed E-state index contributed by atoms with van der Waals surface area (Å²) in [6, 6.07) is 8.70. The molecule has 0 amide bonds. The molecule has 3 rings (SSSR count). The third kappa shape index (κ3) is 3.56. The lowest BCUT2D eigenvalue weighted by molar-refractivity contribution is -0.136. The smallest absolute Gasteiger partial charge is 0.418 e. The summed E-state index contributed by atoms with van der Waals surface area (Å²) < 4.78 is 52.7. The number of carboxylic acids is 1. The highest BCUT2D eigenvalue weighted by Gasteiger charge is 2.34. The number of hydrogen-bond acceptors (Lipinski definition) is 4. The zero-order chi connectivity index (χ0) is 18.9. The molecule has 1 heterocycles. The van der Waals surface area contributed by atoms with Gasteiger partial charge in [0.1, 0.15) is 11.3 Å². The Morgan fingerprint density at radius 3 is 2.50 bits per heavy atom. The van der Waals surface area contributed by atoms with E-state index in [1.165, 1.54) is 24.3 Å². The Balaban J connectivity index is 2.07. The molecule has 134 valence electrons. The number of halogens is 4. The van der Waals surface area contributed by atoms with Crippen LogP contribution in [0.3, 0.4) is 0 Å². The van der Waals surface area contributed by atoms with Gasteiger partial charge in [0, 0.05) is 6.54 Å². The van der Waals surface area contributed by atoms with Gasteiger partial charge in [-0.2, -0.15) is 13.2 Å². The average Bonchev–Trinajstić information content (AvgIpc) is 2.57. The highest BCUT2D eigenvalue weighted by Crippen LogP contribution is 2.34. The van der Waals surface area contributed by atoms with E-state index in [1.54, 1.807) is 6.07 Å². The van der Waals surface area contributed by atoms with Gasteiger partial charge in [-0.15, -0.1) is 0 Å². The van der Waals surface area contributed by atoms with E-state index in [2.05, 4.69) is 15.3 Å². The maximum Gasteiger partial charge on any atom is 0.418 e. The van der Waals surface area contributed by atoms with Crippen LogP contribution in [0.1, 0.15) is 21.6 Å². The molecule has 0 atom stereocenters. The first kappa shape index (κ1) is 17.6. The summed E-state index contributed by atoms with van der Waals surface area (Å²) in [4.78, 5) is 19.0. The van der Waals surface area contributed by atoms with Crippen molar-refractivity contribution in [3.63, 3.8) is 0 Å². The lowest BCUT2D eigenvalue weighted by atomic mass is 10.1. The SMILES string of the molecule is O=C(O)c1nc2cccc(C(F)(F)F)c2nc1NCc1cccc(F)c1. The fourth-order valence-corrected chi connectivity index (χ4v) is 2.41. The van der Waals surface area contributed by atoms with Gasteiger partial charge in [-0.3, -0.25) is 0 Å². The largest absolute Gasteiger partial charge is 0.476 e. The summed E-state index contributed by atoms with van der Waals surface area (Å²) >= 11 is 0. The Labute approximate surface area is 144 Å². The number of carboxylic acid groups (broad SMARTS) is 1. The summed E-state index contributed by atoms with van der Waals surface area (Å²) in [7, 11) is 0. The van der Waals surface area contributed by atoms with E-state index in [1.807, 2.05) is 0 Å². The summed E-state index contributed by atoms with van der Waals surface area (Å²) in [5.74, 6) is -2.27. The minimum absolute atomic E-state index is 0.0353. The molecule has 0 spiro atoms. The molecule has 26 heavy (non-hydrogen) atoms. The van der Waals surface area contributed by atoms with Crippen molar-refractivity contribution in [2.45, 2.75) is 12.7 Å². The molecule has 0 fully saturated rings. The summed E-state index contributed by atoms with van der Waals surface area (Å²) in [6.45, 7) is -0.0353. The van der Waals surface area contributed by atoms with E-state index in [9.17, 15) is 27.5 Å². The Hall–Kier alpha value is -3.23. The van der Waals surface area contributed by atoms with Gasteiger partial charge < -0.3 is 10.4 Å². The van der Waals surface area contributed by atoms with E-state index in [0.29, 0.717) is 5.56 Å². The van der Waals surface area contributed by atoms with Gasteiger partial charge in [-0.05, 0) is 29.8 Å². The molecule has 0 aliphatic carbocycles. The van der Waals surface area contributed by atoms with Crippen LogP contribution in [0, 0.1) is 5.82 Å². The molecule has 0 unspecified atom stereocenters. The molecule has 0 radical (unpaired) electrons. The van der Waals surface area contributed by atoms with E-state index in [4.69, 9.17) is 0 Å². The third-order valence-corrected chi connectivity index (χ3v) is 3.55. The molecule has 0 saturated carbocycles. The number of para-hydroxylation sites is 1. The fraction of sp³-hybridized carbons (Fsp3) is 0.118. The van der Waals surface area contributed by atoms with Crippen LogP contribution in [0.15, 0.2) is 42.5 Å². The molecule has 2 N–H and O–H groups in total. The second kappa shape index (κ2) is 6.58. The van der Waals surface area contributed by atoms with Gasteiger partial charge in [0.2, 0.25) is 0 Å². The van der Waals surface area contributed by atoms with Crippen molar-refractivity contribution in [1.82, 2.24) is 9.97 Å². The minimum atomic E-state index is -4.67. The number of aromatic carboxylic acids is 1. The molecule has 0 saturated heterocycles. The van der Waals surface area contributed by atoms with Gasteiger partial charge in [0.25, 0.3) is 0 Å². The van der Waals surface area contributed by atoms with Crippen LogP contribution < -0.4 is 5.32 Å². The van der Waals surface area contributed by atoms with Crippen LogP contribution in [0.25, 0.3) is 11.0 Å². The number of fused-ring (bicyclic) bond motifs is 1. The molecule has 1 aromatic heterocycles. The van der Waals surface area contributed by atoms with Gasteiger partial charge in [-0.25, -0.2) is 19.2 Å². The Morgan fingerprint density at radius 1 is 1.12 bits per heavy atom.